The number of para-hydroxylation sites is 2. The van der Waals surface area contributed by atoms with Crippen molar-refractivity contribution in [3.63, 3.8) is 0 Å². The van der Waals surface area contributed by atoms with Crippen LogP contribution >= 0.6 is 23.8 Å². The number of rotatable bonds is 4. The van der Waals surface area contributed by atoms with Crippen LogP contribution in [0, 0.1) is 0 Å². The third-order valence-corrected chi connectivity index (χ3v) is 6.09. The topological polar surface area (TPSA) is 57.2 Å². The summed E-state index contributed by atoms with van der Waals surface area (Å²) in [6, 6.07) is 19.9. The van der Waals surface area contributed by atoms with E-state index in [1.807, 2.05) is 30.3 Å². The van der Waals surface area contributed by atoms with E-state index >= 15 is 0 Å². The Labute approximate surface area is 215 Å². The number of nitrogens with zero attached hydrogens (tertiary/aromatic N) is 3. The molecule has 1 atom stereocenters. The van der Waals surface area contributed by atoms with Gasteiger partial charge in [0.1, 0.15) is 0 Å². The number of carbonyl (C=O) groups excluding carboxylic acids is 1. The molecule has 1 unspecified atom stereocenters. The van der Waals surface area contributed by atoms with E-state index < -0.39 is 24.2 Å². The van der Waals surface area contributed by atoms with E-state index in [4.69, 9.17) is 23.8 Å². The molecule has 1 N–H and O–H groups in total. The summed E-state index contributed by atoms with van der Waals surface area (Å²) in [7, 11) is 3.07. The second kappa shape index (κ2) is 10.2. The van der Waals surface area contributed by atoms with Crippen LogP contribution in [0.3, 0.4) is 0 Å². The number of halogens is 4. The molecule has 0 fully saturated rings. The van der Waals surface area contributed by atoms with E-state index in [2.05, 4.69) is 15.0 Å². The van der Waals surface area contributed by atoms with Crippen molar-refractivity contribution in [3.8, 4) is 5.75 Å². The third kappa shape index (κ3) is 5.44. The van der Waals surface area contributed by atoms with Crippen LogP contribution in [0.15, 0.2) is 77.8 Å². The molecular weight excluding hydrogens is 513 g/mol. The Balaban J connectivity index is 1.71. The van der Waals surface area contributed by atoms with Gasteiger partial charge in [-0.05, 0) is 42.5 Å². The maximum atomic E-state index is 13.4. The molecule has 0 saturated heterocycles. The Bertz CT molecular complexity index is 1330. The highest BCUT2D eigenvalue weighted by Crippen LogP contribution is 2.33. The smallest absolute Gasteiger partial charge is 0.404 e. The molecule has 1 amide bonds. The van der Waals surface area contributed by atoms with Gasteiger partial charge in [0.15, 0.2) is 10.9 Å². The lowest BCUT2D eigenvalue weighted by Gasteiger charge is -2.27. The molecule has 186 valence electrons. The van der Waals surface area contributed by atoms with Crippen molar-refractivity contribution in [1.82, 2.24) is 5.32 Å². The first-order chi connectivity index (χ1) is 17.0. The number of likely N-dealkylation sites (N-methyl/N-ethyl adjacent to an activating group) is 1. The van der Waals surface area contributed by atoms with Crippen LogP contribution in [-0.2, 0) is 4.79 Å². The van der Waals surface area contributed by atoms with Crippen LogP contribution in [0.2, 0.25) is 5.02 Å². The fourth-order valence-electron chi connectivity index (χ4n) is 3.73. The van der Waals surface area contributed by atoms with Gasteiger partial charge in [0.05, 0.1) is 17.1 Å². The third-order valence-electron chi connectivity index (χ3n) is 5.46. The number of aliphatic imine (C=N–C) groups is 1. The summed E-state index contributed by atoms with van der Waals surface area (Å²) in [6.07, 6.45) is -6.05. The first-order valence-corrected chi connectivity index (χ1v) is 11.4. The van der Waals surface area contributed by atoms with Crippen molar-refractivity contribution in [1.29, 1.82) is 0 Å². The van der Waals surface area contributed by atoms with E-state index in [9.17, 15) is 18.0 Å². The lowest BCUT2D eigenvalue weighted by atomic mass is 10.0. The average molecular weight is 533 g/mol. The average Bonchev–Trinajstić information content (AvgIpc) is 2.94. The fraction of sp³-hybridized carbons (Fsp3) is 0.160. The maximum absolute atomic E-state index is 13.4. The van der Waals surface area contributed by atoms with E-state index in [1.54, 1.807) is 31.3 Å². The normalized spacial score (nSPS) is 15.5. The monoisotopic (exact) mass is 532 g/mol. The lowest BCUT2D eigenvalue weighted by Crippen LogP contribution is -2.49. The van der Waals surface area contributed by atoms with Crippen LogP contribution in [0.5, 0.6) is 5.75 Å². The van der Waals surface area contributed by atoms with Gasteiger partial charge in [-0.15, -0.1) is 13.2 Å². The molecular formula is C25H20ClF3N4O2S. The van der Waals surface area contributed by atoms with Gasteiger partial charge < -0.3 is 19.9 Å². The van der Waals surface area contributed by atoms with Crippen molar-refractivity contribution >= 4 is 51.9 Å². The molecule has 3 aromatic rings. The van der Waals surface area contributed by atoms with Crippen molar-refractivity contribution in [2.24, 2.45) is 4.99 Å². The van der Waals surface area contributed by atoms with Gasteiger partial charge >= 0.3 is 6.36 Å². The highest BCUT2D eigenvalue weighted by molar-refractivity contribution is 7.80. The second-order valence-corrected chi connectivity index (χ2v) is 8.65. The van der Waals surface area contributed by atoms with Gasteiger partial charge in [-0.25, -0.2) is 4.99 Å². The Morgan fingerprint density at radius 1 is 1.11 bits per heavy atom. The molecule has 3 aromatic carbocycles. The number of ether oxygens (including phenoxy) is 1. The molecule has 0 aliphatic carbocycles. The standard InChI is InChI=1S/C25H20ClF3N4O2S/c1-32-18-13-12-16(26)14-17(18)21(15-8-4-3-5-9-15)30-22(23(32)34)31-24(36)33(2)19-10-6-7-11-20(19)35-25(27,28)29/h3-14,22H,1-2H3,(H,31,36). The summed E-state index contributed by atoms with van der Waals surface area (Å²) >= 11 is 11.7. The van der Waals surface area contributed by atoms with Gasteiger partial charge in [-0.3, -0.25) is 4.79 Å². The zero-order chi connectivity index (χ0) is 26.0. The Hall–Kier alpha value is -3.63. The van der Waals surface area contributed by atoms with Crippen molar-refractivity contribution in [2.75, 3.05) is 23.9 Å². The summed E-state index contributed by atoms with van der Waals surface area (Å²) < 4.78 is 42.8. The van der Waals surface area contributed by atoms with Crippen LogP contribution in [0.1, 0.15) is 11.1 Å². The molecule has 11 heteroatoms. The number of amides is 1. The van der Waals surface area contributed by atoms with Crippen molar-refractivity contribution < 1.29 is 22.7 Å². The van der Waals surface area contributed by atoms with Gasteiger partial charge in [-0.2, -0.15) is 0 Å². The number of nitrogens with one attached hydrogen (secondary N) is 1. The molecule has 6 nitrogen and oxygen atoms in total. The van der Waals surface area contributed by atoms with Crippen LogP contribution in [0.25, 0.3) is 0 Å². The van der Waals surface area contributed by atoms with Crippen LogP contribution < -0.4 is 19.9 Å². The zero-order valence-electron chi connectivity index (χ0n) is 19.1. The van der Waals surface area contributed by atoms with E-state index in [0.717, 1.165) is 5.56 Å². The summed E-state index contributed by atoms with van der Waals surface area (Å²) in [6.45, 7) is 0. The quantitative estimate of drug-likeness (QED) is 0.457. The summed E-state index contributed by atoms with van der Waals surface area (Å²) in [5.74, 6) is -0.850. The SMILES string of the molecule is CN(C(=S)NC1N=C(c2ccccc2)c2cc(Cl)ccc2N(C)C1=O)c1ccccc1OC(F)(F)F. The number of anilines is 2. The predicted molar refractivity (Wildman–Crippen MR) is 138 cm³/mol. The van der Waals surface area contributed by atoms with Crippen molar-refractivity contribution in [2.45, 2.75) is 12.5 Å². The fourth-order valence-corrected chi connectivity index (χ4v) is 4.12. The number of thiocarbonyl (C=S) groups is 1. The molecule has 1 heterocycles. The summed E-state index contributed by atoms with van der Waals surface area (Å²) in [5.41, 5.74) is 2.56. The molecule has 0 bridgehead atoms. The number of benzodiazepines with no additional fused rings is 1. The number of benzene rings is 3. The van der Waals surface area contributed by atoms with Gasteiger partial charge in [0.25, 0.3) is 5.91 Å². The molecule has 0 spiro atoms. The highest BCUT2D eigenvalue weighted by atomic mass is 35.5. The molecule has 0 saturated carbocycles. The number of alkyl halides is 3. The molecule has 0 radical (unpaired) electrons. The molecule has 0 aromatic heterocycles. The lowest BCUT2D eigenvalue weighted by molar-refractivity contribution is -0.274. The number of hydrogen-bond acceptors (Lipinski definition) is 4. The van der Waals surface area contributed by atoms with Gasteiger partial charge in [-0.1, -0.05) is 54.1 Å². The number of carbonyl (C=O) groups is 1. The Kier molecular flexibility index (Phi) is 7.18. The largest absolute Gasteiger partial charge is 0.573 e. The summed E-state index contributed by atoms with van der Waals surface area (Å²) in [4.78, 5) is 20.8. The predicted octanol–water partition coefficient (Wildman–Crippen LogP) is 5.39. The van der Waals surface area contributed by atoms with Crippen LogP contribution in [0.4, 0.5) is 24.5 Å². The first kappa shape index (κ1) is 25.5. The first-order valence-electron chi connectivity index (χ1n) is 10.6. The number of fused-ring (bicyclic) bond motifs is 1. The van der Waals surface area contributed by atoms with Crippen molar-refractivity contribution in [3.05, 3.63) is 88.9 Å². The summed E-state index contributed by atoms with van der Waals surface area (Å²) in [5, 5.41) is 3.33. The van der Waals surface area contributed by atoms with E-state index in [-0.39, 0.29) is 10.8 Å². The number of hydrogen-bond donors (Lipinski definition) is 1. The van der Waals surface area contributed by atoms with Gasteiger partial charge in [0, 0.05) is 30.2 Å². The molecule has 1 aliphatic rings. The maximum Gasteiger partial charge on any atom is 0.573 e. The Morgan fingerprint density at radius 2 is 1.78 bits per heavy atom. The van der Waals surface area contributed by atoms with Crippen LogP contribution in [-0.4, -0.2) is 43.4 Å². The molecule has 1 aliphatic heterocycles. The minimum Gasteiger partial charge on any atom is -0.404 e. The Morgan fingerprint density at radius 3 is 2.47 bits per heavy atom. The van der Waals surface area contributed by atoms with E-state index in [0.29, 0.717) is 22.0 Å². The zero-order valence-corrected chi connectivity index (χ0v) is 20.7. The second-order valence-electron chi connectivity index (χ2n) is 7.83. The van der Waals surface area contributed by atoms with E-state index in [1.165, 1.54) is 35.0 Å². The minimum absolute atomic E-state index is 0.0277. The minimum atomic E-state index is -4.88. The van der Waals surface area contributed by atoms with Gasteiger partial charge in [0.2, 0.25) is 6.17 Å². The molecule has 4 rings (SSSR count). The highest BCUT2D eigenvalue weighted by Gasteiger charge is 2.34. The molecule has 36 heavy (non-hydrogen) atoms.